The van der Waals surface area contributed by atoms with Crippen molar-refractivity contribution in [1.82, 2.24) is 25.7 Å². The van der Waals surface area contributed by atoms with Crippen molar-refractivity contribution in [2.24, 2.45) is 0 Å². The van der Waals surface area contributed by atoms with E-state index in [0.29, 0.717) is 23.6 Å². The number of hydrogen-bond donors (Lipinski definition) is 3. The molecule has 0 spiro atoms. The van der Waals surface area contributed by atoms with Crippen LogP contribution in [0.1, 0.15) is 35.6 Å². The molecule has 0 aliphatic rings. The summed E-state index contributed by atoms with van der Waals surface area (Å²) in [4.78, 5) is 12.9. The van der Waals surface area contributed by atoms with Gasteiger partial charge in [0, 0.05) is 32.2 Å². The van der Waals surface area contributed by atoms with Crippen LogP contribution < -0.4 is 16.0 Å². The number of amides is 1. The maximum absolute atomic E-state index is 13.4. The standard InChI is InChI=1S/C25H32F3N5O2/c1-5-7-11-22(35-4)18(3)16-31-24(34)21-15-23(25(26,27)28)32-33(21)20-10-8-9-19(14-20)17-30-13-12-29-6-2/h5,7-11,14-15,29-30H,1,6,12-13,16-17H2,2-4H3,(H,31,34)/b11-7-,22-18-. The first-order valence-corrected chi connectivity index (χ1v) is 11.2. The fourth-order valence-electron chi connectivity index (χ4n) is 3.19. The maximum Gasteiger partial charge on any atom is 0.435 e. The van der Waals surface area contributed by atoms with Crippen molar-refractivity contribution >= 4 is 5.91 Å². The molecule has 7 nitrogen and oxygen atoms in total. The van der Waals surface area contributed by atoms with Crippen molar-refractivity contribution < 1.29 is 22.7 Å². The Kier molecular flexibility index (Phi) is 10.8. The van der Waals surface area contributed by atoms with Gasteiger partial charge in [-0.25, -0.2) is 4.68 Å². The van der Waals surface area contributed by atoms with Crippen molar-refractivity contribution in [3.8, 4) is 5.69 Å². The van der Waals surface area contributed by atoms with Gasteiger partial charge in [0.25, 0.3) is 5.91 Å². The van der Waals surface area contributed by atoms with E-state index in [0.717, 1.165) is 35.9 Å². The van der Waals surface area contributed by atoms with Crippen LogP contribution >= 0.6 is 0 Å². The maximum atomic E-state index is 13.4. The molecule has 0 aliphatic carbocycles. The zero-order valence-corrected chi connectivity index (χ0v) is 20.2. The fraction of sp³-hybridized carbons (Fsp3) is 0.360. The number of carbonyl (C=O) groups excluding carboxylic acids is 1. The predicted octanol–water partition coefficient (Wildman–Crippen LogP) is 3.98. The molecule has 1 amide bonds. The Bertz CT molecular complexity index is 1060. The highest BCUT2D eigenvalue weighted by molar-refractivity contribution is 5.93. The number of hydrogen-bond acceptors (Lipinski definition) is 5. The number of ether oxygens (including phenoxy) is 1. The Morgan fingerprint density at radius 1 is 1.23 bits per heavy atom. The summed E-state index contributed by atoms with van der Waals surface area (Å²) in [6.45, 7) is 10.4. The number of halogens is 3. The highest BCUT2D eigenvalue weighted by Gasteiger charge is 2.36. The fourth-order valence-corrected chi connectivity index (χ4v) is 3.19. The zero-order valence-electron chi connectivity index (χ0n) is 20.2. The lowest BCUT2D eigenvalue weighted by molar-refractivity contribution is -0.141. The molecule has 1 aromatic carbocycles. The number of allylic oxidation sites excluding steroid dienone is 3. The van der Waals surface area contributed by atoms with E-state index in [2.05, 4.69) is 27.6 Å². The summed E-state index contributed by atoms with van der Waals surface area (Å²) < 4.78 is 46.6. The number of rotatable bonds is 13. The van der Waals surface area contributed by atoms with Crippen LogP contribution in [0.3, 0.4) is 0 Å². The topological polar surface area (TPSA) is 80.2 Å². The first-order valence-electron chi connectivity index (χ1n) is 11.2. The number of likely N-dealkylation sites (N-methyl/N-ethyl adjacent to an activating group) is 1. The number of aromatic nitrogens is 2. The molecule has 2 rings (SSSR count). The highest BCUT2D eigenvalue weighted by atomic mass is 19.4. The van der Waals surface area contributed by atoms with E-state index in [1.54, 1.807) is 43.4 Å². The summed E-state index contributed by atoms with van der Waals surface area (Å²) in [5.41, 5.74) is 0.535. The van der Waals surface area contributed by atoms with Gasteiger partial charge in [-0.2, -0.15) is 18.3 Å². The van der Waals surface area contributed by atoms with Crippen molar-refractivity contribution in [2.45, 2.75) is 26.6 Å². The van der Waals surface area contributed by atoms with Crippen LogP contribution in [0.2, 0.25) is 0 Å². The minimum absolute atomic E-state index is 0.0752. The summed E-state index contributed by atoms with van der Waals surface area (Å²) in [6.07, 6.45) is 0.240. The molecule has 0 radical (unpaired) electrons. The highest BCUT2D eigenvalue weighted by Crippen LogP contribution is 2.29. The Balaban J connectivity index is 2.29. The molecule has 1 heterocycles. The lowest BCUT2D eigenvalue weighted by atomic mass is 10.2. The molecule has 190 valence electrons. The molecule has 0 aliphatic heterocycles. The van der Waals surface area contributed by atoms with Gasteiger partial charge in [-0.1, -0.05) is 37.8 Å². The molecule has 35 heavy (non-hydrogen) atoms. The van der Waals surface area contributed by atoms with E-state index < -0.39 is 17.8 Å². The second kappa shape index (κ2) is 13.5. The molecule has 3 N–H and O–H groups in total. The molecular formula is C25H32F3N5O2. The number of nitrogens with zero attached hydrogens (tertiary/aromatic N) is 2. The lowest BCUT2D eigenvalue weighted by Crippen LogP contribution is -2.28. The van der Waals surface area contributed by atoms with Crippen LogP contribution in [0, 0.1) is 0 Å². The third kappa shape index (κ3) is 8.41. The number of benzene rings is 1. The Labute approximate surface area is 203 Å². The molecule has 0 atom stereocenters. The van der Waals surface area contributed by atoms with Gasteiger partial charge in [0.15, 0.2) is 5.69 Å². The van der Waals surface area contributed by atoms with E-state index in [1.807, 2.05) is 13.0 Å². The Hall–Kier alpha value is -3.37. The van der Waals surface area contributed by atoms with E-state index in [4.69, 9.17) is 4.74 Å². The van der Waals surface area contributed by atoms with Gasteiger partial charge in [-0.05, 0) is 42.8 Å². The number of alkyl halides is 3. The van der Waals surface area contributed by atoms with Gasteiger partial charge >= 0.3 is 6.18 Å². The van der Waals surface area contributed by atoms with E-state index in [9.17, 15) is 18.0 Å². The average Bonchev–Trinajstić information content (AvgIpc) is 3.29. The minimum Gasteiger partial charge on any atom is -0.497 e. The minimum atomic E-state index is -4.69. The summed E-state index contributed by atoms with van der Waals surface area (Å²) in [5, 5.41) is 12.8. The smallest absolute Gasteiger partial charge is 0.435 e. The van der Waals surface area contributed by atoms with Crippen molar-refractivity contribution in [1.29, 1.82) is 0 Å². The molecule has 2 aromatic rings. The first kappa shape index (κ1) is 27.9. The summed E-state index contributed by atoms with van der Waals surface area (Å²) in [7, 11) is 1.49. The SMILES string of the molecule is C=C/C=C\C(OC)=C(/C)CNC(=O)c1cc(C(F)(F)F)nn1-c1cccc(CNCCNCC)c1. The monoisotopic (exact) mass is 491 g/mol. The first-order chi connectivity index (χ1) is 16.7. The summed E-state index contributed by atoms with van der Waals surface area (Å²) in [5.74, 6) is -0.173. The molecule has 0 saturated carbocycles. The molecule has 0 saturated heterocycles. The van der Waals surface area contributed by atoms with Gasteiger partial charge in [-0.15, -0.1) is 0 Å². The van der Waals surface area contributed by atoms with Gasteiger partial charge in [0.05, 0.1) is 12.8 Å². The van der Waals surface area contributed by atoms with Gasteiger partial charge in [0.1, 0.15) is 11.5 Å². The van der Waals surface area contributed by atoms with Gasteiger partial charge < -0.3 is 20.7 Å². The van der Waals surface area contributed by atoms with Crippen LogP contribution in [-0.4, -0.2) is 49.0 Å². The van der Waals surface area contributed by atoms with Crippen molar-refractivity contribution in [3.63, 3.8) is 0 Å². The van der Waals surface area contributed by atoms with E-state index >= 15 is 0 Å². The lowest BCUT2D eigenvalue weighted by Gasteiger charge is -2.12. The summed E-state index contributed by atoms with van der Waals surface area (Å²) in [6, 6.07) is 7.65. The van der Waals surface area contributed by atoms with Crippen LogP contribution in [0.25, 0.3) is 5.69 Å². The zero-order chi connectivity index (χ0) is 25.8. The molecule has 0 fully saturated rings. The average molecular weight is 492 g/mol. The number of carbonyl (C=O) groups is 1. The summed E-state index contributed by atoms with van der Waals surface area (Å²) >= 11 is 0. The van der Waals surface area contributed by atoms with E-state index in [-0.39, 0.29) is 12.2 Å². The number of methoxy groups -OCH3 is 1. The normalized spacial score (nSPS) is 12.5. The van der Waals surface area contributed by atoms with Crippen molar-refractivity contribution in [3.05, 3.63) is 83.4 Å². The largest absolute Gasteiger partial charge is 0.497 e. The Morgan fingerprint density at radius 2 is 1.97 bits per heavy atom. The molecule has 1 aromatic heterocycles. The van der Waals surface area contributed by atoms with Crippen LogP contribution in [0.15, 0.2) is 66.5 Å². The molecular weight excluding hydrogens is 459 g/mol. The second-order valence-electron chi connectivity index (χ2n) is 7.65. The molecule has 0 bridgehead atoms. The van der Waals surface area contributed by atoms with E-state index in [1.165, 1.54) is 7.11 Å². The molecule has 0 unspecified atom stereocenters. The van der Waals surface area contributed by atoms with Crippen LogP contribution in [0.4, 0.5) is 13.2 Å². The van der Waals surface area contributed by atoms with Gasteiger partial charge in [-0.3, -0.25) is 4.79 Å². The molecule has 10 heteroatoms. The number of nitrogens with one attached hydrogen (secondary N) is 3. The third-order valence-electron chi connectivity index (χ3n) is 4.98. The van der Waals surface area contributed by atoms with Crippen molar-refractivity contribution in [2.75, 3.05) is 33.3 Å². The second-order valence-corrected chi connectivity index (χ2v) is 7.65. The third-order valence-corrected chi connectivity index (χ3v) is 4.98. The quantitative estimate of drug-likeness (QED) is 0.224. The van der Waals surface area contributed by atoms with Crippen LogP contribution in [0.5, 0.6) is 0 Å². The predicted molar refractivity (Wildman–Crippen MR) is 130 cm³/mol. The Morgan fingerprint density at radius 3 is 2.63 bits per heavy atom. The van der Waals surface area contributed by atoms with Crippen LogP contribution in [-0.2, 0) is 17.5 Å². The van der Waals surface area contributed by atoms with Gasteiger partial charge in [0.2, 0.25) is 0 Å².